The monoisotopic (exact) mass is 267 g/mol. The van der Waals surface area contributed by atoms with Crippen molar-refractivity contribution in [2.24, 2.45) is 5.92 Å². The molecule has 0 bridgehead atoms. The minimum Gasteiger partial charge on any atom is -0.378 e. The van der Waals surface area contributed by atoms with E-state index in [0.29, 0.717) is 6.10 Å². The maximum absolute atomic E-state index is 11.5. The molecule has 1 unspecified atom stereocenters. The first-order valence-corrected chi connectivity index (χ1v) is 7.69. The second kappa shape index (κ2) is 6.09. The summed E-state index contributed by atoms with van der Waals surface area (Å²) in [5.41, 5.74) is 0. The minimum absolute atomic E-state index is 0.106. The average Bonchev–Trinajstić information content (AvgIpc) is 3.09. The summed E-state index contributed by atoms with van der Waals surface area (Å²) >= 11 is 0. The van der Waals surface area contributed by atoms with Gasteiger partial charge in [-0.15, -0.1) is 0 Å². The second-order valence-corrected chi connectivity index (χ2v) is 5.95. The lowest BCUT2D eigenvalue weighted by Crippen LogP contribution is -2.42. The maximum atomic E-state index is 11.5. The first-order chi connectivity index (χ1) is 9.33. The Morgan fingerprint density at radius 3 is 2.63 bits per heavy atom. The van der Waals surface area contributed by atoms with Crippen LogP contribution in [-0.2, 0) is 4.74 Å². The number of carbonyl (C=O) groups is 1. The predicted molar refractivity (Wildman–Crippen MR) is 73.1 cm³/mol. The summed E-state index contributed by atoms with van der Waals surface area (Å²) in [7, 11) is 0. The standard InChI is InChI=1S/C14H25N3O2/c18-14-15-5-8-17(14)10-9-16-6-3-12(4-7-16)13-2-1-11-19-13/h12-13H,1-11H2,(H,15,18). The number of urea groups is 1. The molecule has 3 aliphatic rings. The van der Waals surface area contributed by atoms with Gasteiger partial charge in [-0.3, -0.25) is 0 Å². The van der Waals surface area contributed by atoms with E-state index in [1.807, 2.05) is 4.90 Å². The van der Waals surface area contributed by atoms with E-state index < -0.39 is 0 Å². The highest BCUT2D eigenvalue weighted by atomic mass is 16.5. The van der Waals surface area contributed by atoms with Gasteiger partial charge >= 0.3 is 6.03 Å². The zero-order chi connectivity index (χ0) is 13.1. The van der Waals surface area contributed by atoms with E-state index in [0.717, 1.165) is 38.7 Å². The zero-order valence-electron chi connectivity index (χ0n) is 11.6. The van der Waals surface area contributed by atoms with E-state index in [4.69, 9.17) is 4.74 Å². The van der Waals surface area contributed by atoms with Crippen molar-refractivity contribution in [1.82, 2.24) is 15.1 Å². The van der Waals surface area contributed by atoms with Crippen LogP contribution in [0, 0.1) is 5.92 Å². The van der Waals surface area contributed by atoms with Crippen molar-refractivity contribution in [3.05, 3.63) is 0 Å². The van der Waals surface area contributed by atoms with E-state index in [1.165, 1.54) is 38.8 Å². The van der Waals surface area contributed by atoms with Crippen LogP contribution in [0.5, 0.6) is 0 Å². The predicted octanol–water partition coefficient (Wildman–Crippen LogP) is 0.903. The van der Waals surface area contributed by atoms with Crippen LogP contribution in [0.2, 0.25) is 0 Å². The molecule has 2 amide bonds. The number of carbonyl (C=O) groups excluding carboxylic acids is 1. The van der Waals surface area contributed by atoms with Gasteiger partial charge < -0.3 is 19.9 Å². The zero-order valence-corrected chi connectivity index (χ0v) is 11.6. The topological polar surface area (TPSA) is 44.8 Å². The fourth-order valence-electron chi connectivity index (χ4n) is 3.51. The molecule has 5 nitrogen and oxygen atoms in total. The number of nitrogens with one attached hydrogen (secondary N) is 1. The molecular weight excluding hydrogens is 242 g/mol. The van der Waals surface area contributed by atoms with Gasteiger partial charge in [0.1, 0.15) is 0 Å². The Morgan fingerprint density at radius 1 is 1.16 bits per heavy atom. The van der Waals surface area contributed by atoms with Crippen molar-refractivity contribution >= 4 is 6.03 Å². The van der Waals surface area contributed by atoms with E-state index in [-0.39, 0.29) is 6.03 Å². The molecular formula is C14H25N3O2. The molecule has 0 aliphatic carbocycles. The number of rotatable bonds is 4. The molecule has 0 radical (unpaired) electrons. The molecule has 0 aromatic heterocycles. The number of hydrogen-bond acceptors (Lipinski definition) is 3. The van der Waals surface area contributed by atoms with Gasteiger partial charge in [0.15, 0.2) is 0 Å². The quantitative estimate of drug-likeness (QED) is 0.823. The number of hydrogen-bond donors (Lipinski definition) is 1. The molecule has 3 saturated heterocycles. The number of ether oxygens (including phenoxy) is 1. The summed E-state index contributed by atoms with van der Waals surface area (Å²) in [4.78, 5) is 15.9. The lowest BCUT2D eigenvalue weighted by atomic mass is 9.90. The van der Waals surface area contributed by atoms with Crippen LogP contribution in [0.1, 0.15) is 25.7 Å². The van der Waals surface area contributed by atoms with Gasteiger partial charge in [0.2, 0.25) is 0 Å². The van der Waals surface area contributed by atoms with Crippen molar-refractivity contribution < 1.29 is 9.53 Å². The molecule has 108 valence electrons. The van der Waals surface area contributed by atoms with Crippen LogP contribution in [-0.4, -0.2) is 67.8 Å². The third-order valence-corrected chi connectivity index (χ3v) is 4.75. The first-order valence-electron chi connectivity index (χ1n) is 7.69. The summed E-state index contributed by atoms with van der Waals surface area (Å²) in [6.45, 7) is 6.86. The van der Waals surface area contributed by atoms with Gasteiger partial charge in [0.05, 0.1) is 6.10 Å². The highest BCUT2D eigenvalue weighted by Gasteiger charge is 2.29. The fraction of sp³-hybridized carbons (Fsp3) is 0.929. The summed E-state index contributed by atoms with van der Waals surface area (Å²) in [6.07, 6.45) is 5.56. The SMILES string of the molecule is O=C1NCCN1CCN1CCC(C2CCCO2)CC1. The van der Waals surface area contributed by atoms with Crippen molar-refractivity contribution in [3.8, 4) is 0 Å². The fourth-order valence-corrected chi connectivity index (χ4v) is 3.51. The number of piperidine rings is 1. The Hall–Kier alpha value is -0.810. The Kier molecular flexibility index (Phi) is 4.23. The number of amides is 2. The Labute approximate surface area is 115 Å². The second-order valence-electron chi connectivity index (χ2n) is 5.95. The van der Waals surface area contributed by atoms with Gasteiger partial charge in [-0.05, 0) is 44.7 Å². The van der Waals surface area contributed by atoms with Gasteiger partial charge in [0, 0.05) is 32.8 Å². The molecule has 0 saturated carbocycles. The van der Waals surface area contributed by atoms with Crippen LogP contribution in [0.3, 0.4) is 0 Å². The number of nitrogens with zero attached hydrogens (tertiary/aromatic N) is 2. The highest BCUT2D eigenvalue weighted by molar-refractivity contribution is 5.76. The molecule has 1 atom stereocenters. The molecule has 0 aromatic carbocycles. The molecule has 3 heterocycles. The molecule has 5 heteroatoms. The van der Waals surface area contributed by atoms with Gasteiger partial charge in [-0.25, -0.2) is 4.79 Å². The van der Waals surface area contributed by atoms with E-state index >= 15 is 0 Å². The normalized spacial score (nSPS) is 30.0. The third kappa shape index (κ3) is 3.20. The van der Waals surface area contributed by atoms with Gasteiger partial charge in [-0.1, -0.05) is 0 Å². The summed E-state index contributed by atoms with van der Waals surface area (Å²) in [6, 6.07) is 0.106. The summed E-state index contributed by atoms with van der Waals surface area (Å²) in [5, 5.41) is 2.85. The van der Waals surface area contributed by atoms with Gasteiger partial charge in [-0.2, -0.15) is 0 Å². The van der Waals surface area contributed by atoms with E-state index in [9.17, 15) is 4.79 Å². The Bertz CT molecular complexity index is 310. The van der Waals surface area contributed by atoms with E-state index in [2.05, 4.69) is 10.2 Å². The molecule has 0 spiro atoms. The largest absolute Gasteiger partial charge is 0.378 e. The van der Waals surface area contributed by atoms with Crippen molar-refractivity contribution in [2.75, 3.05) is 45.9 Å². The Balaban J connectivity index is 1.37. The highest BCUT2D eigenvalue weighted by Crippen LogP contribution is 2.28. The van der Waals surface area contributed by atoms with Crippen molar-refractivity contribution in [3.63, 3.8) is 0 Å². The molecule has 3 aliphatic heterocycles. The molecule has 0 aromatic rings. The molecule has 3 fully saturated rings. The molecule has 3 rings (SSSR count). The third-order valence-electron chi connectivity index (χ3n) is 4.75. The van der Waals surface area contributed by atoms with Crippen LogP contribution in [0.15, 0.2) is 0 Å². The first kappa shape index (κ1) is 13.2. The minimum atomic E-state index is 0.106. The van der Waals surface area contributed by atoms with Crippen molar-refractivity contribution in [1.29, 1.82) is 0 Å². The summed E-state index contributed by atoms with van der Waals surface area (Å²) in [5.74, 6) is 0.772. The lowest BCUT2D eigenvalue weighted by molar-refractivity contribution is 0.0310. The smallest absolute Gasteiger partial charge is 0.317 e. The van der Waals surface area contributed by atoms with E-state index in [1.54, 1.807) is 0 Å². The lowest BCUT2D eigenvalue weighted by Gasteiger charge is -2.35. The molecule has 19 heavy (non-hydrogen) atoms. The van der Waals surface area contributed by atoms with Crippen LogP contribution in [0.25, 0.3) is 0 Å². The van der Waals surface area contributed by atoms with Crippen LogP contribution in [0.4, 0.5) is 4.79 Å². The Morgan fingerprint density at radius 2 is 2.00 bits per heavy atom. The average molecular weight is 267 g/mol. The summed E-state index contributed by atoms with van der Waals surface area (Å²) < 4.78 is 5.80. The maximum Gasteiger partial charge on any atom is 0.317 e. The molecule has 1 N–H and O–H groups in total. The van der Waals surface area contributed by atoms with Crippen LogP contribution < -0.4 is 5.32 Å². The number of likely N-dealkylation sites (tertiary alicyclic amines) is 1. The van der Waals surface area contributed by atoms with Gasteiger partial charge in [0.25, 0.3) is 0 Å². The van der Waals surface area contributed by atoms with Crippen molar-refractivity contribution in [2.45, 2.75) is 31.8 Å². The van der Waals surface area contributed by atoms with Crippen LogP contribution >= 0.6 is 0 Å².